The van der Waals surface area contributed by atoms with E-state index in [4.69, 9.17) is 23.7 Å². The van der Waals surface area contributed by atoms with Crippen LogP contribution < -0.4 is 18.9 Å². The summed E-state index contributed by atoms with van der Waals surface area (Å²) in [5.41, 5.74) is 1.31. The van der Waals surface area contributed by atoms with Gasteiger partial charge in [0.15, 0.2) is 17.7 Å². The molecule has 120 valence electrons. The van der Waals surface area contributed by atoms with Gasteiger partial charge in [-0.1, -0.05) is 0 Å². The number of nitriles is 1. The first-order valence-electron chi connectivity index (χ1n) is 7.42. The van der Waals surface area contributed by atoms with Gasteiger partial charge in [0.25, 0.3) is 0 Å². The second kappa shape index (κ2) is 5.65. The topological polar surface area (TPSA) is 73.2 Å². The number of rotatable bonds is 2. The summed E-state index contributed by atoms with van der Waals surface area (Å²) in [6.07, 6.45) is 1.38. The number of fused-ring (bicyclic) bond motifs is 2. The van der Waals surface area contributed by atoms with Crippen LogP contribution in [0.15, 0.2) is 11.6 Å². The summed E-state index contributed by atoms with van der Waals surface area (Å²) in [4.78, 5) is 2.09. The van der Waals surface area contributed by atoms with E-state index in [1.807, 2.05) is 12.1 Å². The summed E-state index contributed by atoms with van der Waals surface area (Å²) in [5.74, 6) is 2.22. The molecule has 1 unspecified atom stereocenters. The van der Waals surface area contributed by atoms with Crippen LogP contribution in [0.3, 0.4) is 0 Å². The van der Waals surface area contributed by atoms with E-state index >= 15 is 0 Å². The van der Waals surface area contributed by atoms with Gasteiger partial charge in [0.1, 0.15) is 6.07 Å². The van der Waals surface area contributed by atoms with Gasteiger partial charge in [0, 0.05) is 18.7 Å². The lowest BCUT2D eigenvalue weighted by Crippen LogP contribution is -2.47. The number of hydrogen-bond acceptors (Lipinski definition) is 7. The van der Waals surface area contributed by atoms with Crippen molar-refractivity contribution >= 4 is 6.08 Å². The van der Waals surface area contributed by atoms with E-state index in [9.17, 15) is 5.26 Å². The summed E-state index contributed by atoms with van der Waals surface area (Å²) in [5, 5.41) is 9.49. The molecule has 23 heavy (non-hydrogen) atoms. The molecule has 1 aromatic rings. The van der Waals surface area contributed by atoms with Crippen LogP contribution in [0.25, 0.3) is 6.08 Å². The molecule has 3 heterocycles. The average molecular weight is 316 g/mol. The van der Waals surface area contributed by atoms with Gasteiger partial charge < -0.3 is 23.7 Å². The van der Waals surface area contributed by atoms with Gasteiger partial charge >= 0.3 is 0 Å². The minimum absolute atomic E-state index is 0.149. The molecule has 3 aliphatic rings. The number of ether oxygens (including phenoxy) is 5. The lowest BCUT2D eigenvalue weighted by atomic mass is 10.0. The van der Waals surface area contributed by atoms with Crippen LogP contribution in [0.1, 0.15) is 5.56 Å². The Labute approximate surface area is 133 Å². The van der Waals surface area contributed by atoms with E-state index in [0.29, 0.717) is 54.9 Å². The average Bonchev–Trinajstić information content (AvgIpc) is 3.07. The van der Waals surface area contributed by atoms with Crippen molar-refractivity contribution in [2.24, 2.45) is 0 Å². The number of nitrogens with zero attached hydrogens (tertiary/aromatic N) is 2. The summed E-state index contributed by atoms with van der Waals surface area (Å²) >= 11 is 0. The SMILES string of the molecule is COc1c2c(cc3c1OCO3)C=C(C#N)C(N1CCOCC1)O2. The van der Waals surface area contributed by atoms with Crippen LogP contribution in [0.2, 0.25) is 0 Å². The molecular weight excluding hydrogens is 300 g/mol. The van der Waals surface area contributed by atoms with Crippen molar-refractivity contribution in [1.29, 1.82) is 5.26 Å². The molecular formula is C16H16N2O5. The molecule has 7 heteroatoms. The normalized spacial score (nSPS) is 22.6. The fraction of sp³-hybridized carbons (Fsp3) is 0.438. The van der Waals surface area contributed by atoms with Crippen molar-refractivity contribution in [3.63, 3.8) is 0 Å². The van der Waals surface area contributed by atoms with E-state index in [-0.39, 0.29) is 6.79 Å². The number of hydrogen-bond donors (Lipinski definition) is 0. The molecule has 1 atom stereocenters. The Balaban J connectivity index is 1.77. The number of methoxy groups -OCH3 is 1. The van der Waals surface area contributed by atoms with E-state index in [1.165, 1.54) is 0 Å². The van der Waals surface area contributed by atoms with Crippen LogP contribution in [0, 0.1) is 11.3 Å². The monoisotopic (exact) mass is 316 g/mol. The van der Waals surface area contributed by atoms with Gasteiger partial charge in [-0.2, -0.15) is 5.26 Å². The Morgan fingerprint density at radius 3 is 2.83 bits per heavy atom. The smallest absolute Gasteiger partial charge is 0.231 e. The van der Waals surface area contributed by atoms with Crippen LogP contribution in [-0.2, 0) is 4.74 Å². The van der Waals surface area contributed by atoms with Crippen LogP contribution in [0.4, 0.5) is 0 Å². The summed E-state index contributed by atoms with van der Waals surface area (Å²) in [7, 11) is 1.56. The van der Waals surface area contributed by atoms with E-state index in [1.54, 1.807) is 7.11 Å². The van der Waals surface area contributed by atoms with Gasteiger partial charge in [-0.05, 0) is 12.1 Å². The van der Waals surface area contributed by atoms with Crippen LogP contribution >= 0.6 is 0 Å². The molecule has 1 fully saturated rings. The highest BCUT2D eigenvalue weighted by atomic mass is 16.7. The first-order chi connectivity index (χ1) is 11.3. The molecule has 0 bridgehead atoms. The molecule has 0 aromatic heterocycles. The Bertz CT molecular complexity index is 703. The fourth-order valence-electron chi connectivity index (χ4n) is 3.01. The van der Waals surface area contributed by atoms with Crippen molar-refractivity contribution in [2.75, 3.05) is 40.2 Å². The number of morpholine rings is 1. The lowest BCUT2D eigenvalue weighted by molar-refractivity contribution is -0.0297. The highest BCUT2D eigenvalue weighted by Crippen LogP contribution is 2.51. The largest absolute Gasteiger partial charge is 0.490 e. The zero-order chi connectivity index (χ0) is 15.8. The zero-order valence-electron chi connectivity index (χ0n) is 12.7. The zero-order valence-corrected chi connectivity index (χ0v) is 12.7. The van der Waals surface area contributed by atoms with Crippen LogP contribution in [0.5, 0.6) is 23.0 Å². The van der Waals surface area contributed by atoms with Crippen molar-refractivity contribution in [1.82, 2.24) is 4.90 Å². The third kappa shape index (κ3) is 2.27. The summed E-state index contributed by atoms with van der Waals surface area (Å²) in [6, 6.07) is 4.05. The first-order valence-corrected chi connectivity index (χ1v) is 7.42. The van der Waals surface area contributed by atoms with E-state index in [2.05, 4.69) is 11.0 Å². The summed E-state index contributed by atoms with van der Waals surface area (Å²) < 4.78 is 27.9. The van der Waals surface area contributed by atoms with E-state index < -0.39 is 6.23 Å². The molecule has 4 rings (SSSR count). The molecule has 0 N–H and O–H groups in total. The van der Waals surface area contributed by atoms with Gasteiger partial charge in [-0.25, -0.2) is 0 Å². The first kappa shape index (κ1) is 14.2. The maximum Gasteiger partial charge on any atom is 0.231 e. The minimum atomic E-state index is -0.439. The fourth-order valence-corrected chi connectivity index (χ4v) is 3.01. The second-order valence-corrected chi connectivity index (χ2v) is 5.39. The molecule has 0 aliphatic carbocycles. The quantitative estimate of drug-likeness (QED) is 0.816. The van der Waals surface area contributed by atoms with Crippen LogP contribution in [-0.4, -0.2) is 51.3 Å². The molecule has 0 amide bonds. The molecule has 7 nitrogen and oxygen atoms in total. The second-order valence-electron chi connectivity index (χ2n) is 5.39. The van der Waals surface area contributed by atoms with Crippen molar-refractivity contribution in [3.8, 4) is 29.1 Å². The standard InChI is InChI=1S/C16H16N2O5/c1-19-15-13-10(7-12-14(15)22-9-21-12)6-11(8-17)16(23-13)18-2-4-20-5-3-18/h6-7,16H,2-5,9H2,1H3. The molecule has 3 aliphatic heterocycles. The third-order valence-corrected chi connectivity index (χ3v) is 4.12. The lowest BCUT2D eigenvalue weighted by Gasteiger charge is -2.36. The predicted octanol–water partition coefficient (Wildman–Crippen LogP) is 1.38. The molecule has 0 spiro atoms. The molecule has 1 saturated heterocycles. The molecule has 0 saturated carbocycles. The van der Waals surface area contributed by atoms with Gasteiger partial charge in [-0.3, -0.25) is 4.90 Å². The van der Waals surface area contributed by atoms with Gasteiger partial charge in [0.05, 0.1) is 25.9 Å². The Hall–Kier alpha value is -2.43. The van der Waals surface area contributed by atoms with Gasteiger partial charge in [0.2, 0.25) is 18.3 Å². The van der Waals surface area contributed by atoms with E-state index in [0.717, 1.165) is 5.56 Å². The third-order valence-electron chi connectivity index (χ3n) is 4.12. The Morgan fingerprint density at radius 1 is 1.26 bits per heavy atom. The Morgan fingerprint density at radius 2 is 2.09 bits per heavy atom. The van der Waals surface area contributed by atoms with Gasteiger partial charge in [-0.15, -0.1) is 0 Å². The predicted molar refractivity (Wildman–Crippen MR) is 79.5 cm³/mol. The summed E-state index contributed by atoms with van der Waals surface area (Å²) in [6.45, 7) is 2.83. The molecule has 1 aromatic carbocycles. The van der Waals surface area contributed by atoms with Crippen molar-refractivity contribution in [3.05, 3.63) is 17.2 Å². The number of benzene rings is 1. The highest BCUT2D eigenvalue weighted by Gasteiger charge is 2.35. The molecule has 0 radical (unpaired) electrons. The van der Waals surface area contributed by atoms with Crippen molar-refractivity contribution < 1.29 is 23.7 Å². The maximum absolute atomic E-state index is 9.49. The minimum Gasteiger partial charge on any atom is -0.490 e. The Kier molecular flexibility index (Phi) is 3.48. The van der Waals surface area contributed by atoms with Crippen molar-refractivity contribution in [2.45, 2.75) is 6.23 Å². The highest BCUT2D eigenvalue weighted by molar-refractivity contribution is 5.75. The maximum atomic E-state index is 9.49.